The first kappa shape index (κ1) is 12.1. The van der Waals surface area contributed by atoms with Crippen molar-refractivity contribution in [2.45, 2.75) is 6.42 Å². The zero-order valence-corrected chi connectivity index (χ0v) is 11.1. The normalized spacial score (nSPS) is 10.8. The quantitative estimate of drug-likeness (QED) is 0.756. The van der Waals surface area contributed by atoms with E-state index in [4.69, 9.17) is 11.6 Å². The summed E-state index contributed by atoms with van der Waals surface area (Å²) in [6.45, 7) is 0.894. The molecule has 4 heteroatoms. The van der Waals surface area contributed by atoms with Gasteiger partial charge in [0.25, 0.3) is 0 Å². The number of aromatic nitrogens is 2. The second-order valence-electron chi connectivity index (χ2n) is 4.48. The lowest BCUT2D eigenvalue weighted by molar-refractivity contribution is 1.02. The fraction of sp³-hybridized carbons (Fsp3) is 0.133. The van der Waals surface area contributed by atoms with Crippen LogP contribution >= 0.6 is 11.6 Å². The predicted octanol–water partition coefficient (Wildman–Crippen LogP) is 3.87. The molecule has 1 aromatic heterocycles. The Balaban J connectivity index is 1.61. The second-order valence-corrected chi connectivity index (χ2v) is 4.91. The van der Waals surface area contributed by atoms with Crippen LogP contribution in [0.4, 0.5) is 5.69 Å². The molecule has 0 spiro atoms. The number of nitrogens with zero attached hydrogens (tertiary/aromatic N) is 1. The third-order valence-electron chi connectivity index (χ3n) is 3.10. The molecule has 0 atom stereocenters. The summed E-state index contributed by atoms with van der Waals surface area (Å²) in [7, 11) is 0. The summed E-state index contributed by atoms with van der Waals surface area (Å²) in [4.78, 5) is 0. The van der Waals surface area contributed by atoms with Crippen molar-refractivity contribution >= 4 is 28.2 Å². The van der Waals surface area contributed by atoms with Gasteiger partial charge in [0.15, 0.2) is 0 Å². The molecule has 0 aliphatic rings. The van der Waals surface area contributed by atoms with Gasteiger partial charge in [0.2, 0.25) is 0 Å². The van der Waals surface area contributed by atoms with Crippen LogP contribution in [-0.2, 0) is 6.42 Å². The zero-order chi connectivity index (χ0) is 13.1. The van der Waals surface area contributed by atoms with Crippen molar-refractivity contribution < 1.29 is 0 Å². The summed E-state index contributed by atoms with van der Waals surface area (Å²) in [5.74, 6) is 0. The Bertz CT molecular complexity index is 673. The van der Waals surface area contributed by atoms with Crippen LogP contribution < -0.4 is 5.32 Å². The van der Waals surface area contributed by atoms with Crippen molar-refractivity contribution in [1.29, 1.82) is 0 Å². The van der Waals surface area contributed by atoms with Gasteiger partial charge in [-0.2, -0.15) is 5.10 Å². The van der Waals surface area contributed by atoms with Gasteiger partial charge < -0.3 is 5.32 Å². The lowest BCUT2D eigenvalue weighted by Crippen LogP contribution is -2.04. The van der Waals surface area contributed by atoms with Gasteiger partial charge in [-0.15, -0.1) is 0 Å². The highest BCUT2D eigenvalue weighted by Crippen LogP contribution is 2.17. The van der Waals surface area contributed by atoms with Gasteiger partial charge in [-0.05, 0) is 42.3 Å². The fourth-order valence-electron chi connectivity index (χ4n) is 2.05. The number of hydrogen-bond donors (Lipinski definition) is 2. The Labute approximate surface area is 116 Å². The molecule has 19 heavy (non-hydrogen) atoms. The number of benzene rings is 2. The van der Waals surface area contributed by atoms with Gasteiger partial charge >= 0.3 is 0 Å². The van der Waals surface area contributed by atoms with Crippen LogP contribution in [0.3, 0.4) is 0 Å². The maximum Gasteiger partial charge on any atom is 0.0651 e. The van der Waals surface area contributed by atoms with E-state index in [0.717, 1.165) is 34.6 Å². The molecule has 0 bridgehead atoms. The third kappa shape index (κ3) is 2.88. The maximum atomic E-state index is 5.86. The Hall–Kier alpha value is -2.00. The molecule has 0 saturated heterocycles. The predicted molar refractivity (Wildman–Crippen MR) is 79.7 cm³/mol. The Morgan fingerprint density at radius 1 is 1.11 bits per heavy atom. The topological polar surface area (TPSA) is 40.7 Å². The van der Waals surface area contributed by atoms with Crippen molar-refractivity contribution in [1.82, 2.24) is 10.2 Å². The number of rotatable bonds is 4. The minimum absolute atomic E-state index is 0.780. The van der Waals surface area contributed by atoms with Gasteiger partial charge in [-0.3, -0.25) is 5.10 Å². The van der Waals surface area contributed by atoms with E-state index in [1.807, 2.05) is 24.4 Å². The molecule has 0 amide bonds. The van der Waals surface area contributed by atoms with Crippen LogP contribution in [0.25, 0.3) is 10.9 Å². The number of H-pyrrole nitrogens is 1. The van der Waals surface area contributed by atoms with Crippen LogP contribution in [-0.4, -0.2) is 16.7 Å². The largest absolute Gasteiger partial charge is 0.385 e. The lowest BCUT2D eigenvalue weighted by Gasteiger charge is -2.06. The molecule has 0 aliphatic carbocycles. The van der Waals surface area contributed by atoms with Crippen molar-refractivity contribution in [3.05, 3.63) is 59.2 Å². The summed E-state index contributed by atoms with van der Waals surface area (Å²) < 4.78 is 0. The first-order valence-corrected chi connectivity index (χ1v) is 6.60. The van der Waals surface area contributed by atoms with Crippen LogP contribution in [0.15, 0.2) is 48.7 Å². The fourth-order valence-corrected chi connectivity index (χ4v) is 2.18. The molecule has 3 aromatic rings. The van der Waals surface area contributed by atoms with E-state index in [9.17, 15) is 0 Å². The minimum Gasteiger partial charge on any atom is -0.385 e. The maximum absolute atomic E-state index is 5.86. The SMILES string of the molecule is Clc1ccc(CCNc2ccc3[nH]ncc3c2)cc1. The molecular formula is C15H14ClN3. The van der Waals surface area contributed by atoms with Crippen molar-refractivity contribution in [3.63, 3.8) is 0 Å². The molecule has 0 saturated carbocycles. The van der Waals surface area contributed by atoms with E-state index in [0.29, 0.717) is 0 Å². The monoisotopic (exact) mass is 271 g/mol. The van der Waals surface area contributed by atoms with E-state index in [1.165, 1.54) is 5.56 Å². The summed E-state index contributed by atoms with van der Waals surface area (Å²) in [6, 6.07) is 14.2. The third-order valence-corrected chi connectivity index (χ3v) is 3.35. The van der Waals surface area contributed by atoms with Crippen LogP contribution in [0, 0.1) is 0 Å². The highest BCUT2D eigenvalue weighted by atomic mass is 35.5. The number of aromatic amines is 1. The zero-order valence-electron chi connectivity index (χ0n) is 10.4. The Morgan fingerprint density at radius 2 is 1.95 bits per heavy atom. The second kappa shape index (κ2) is 5.33. The van der Waals surface area contributed by atoms with Gasteiger partial charge in [-0.1, -0.05) is 23.7 Å². The molecule has 3 nitrogen and oxygen atoms in total. The molecule has 0 radical (unpaired) electrons. The number of halogens is 1. The van der Waals surface area contributed by atoms with Gasteiger partial charge in [0, 0.05) is 22.6 Å². The Kier molecular flexibility index (Phi) is 3.38. The van der Waals surface area contributed by atoms with Crippen LogP contribution in [0.5, 0.6) is 0 Å². The summed E-state index contributed by atoms with van der Waals surface area (Å²) in [5.41, 5.74) is 3.45. The van der Waals surface area contributed by atoms with Crippen LogP contribution in [0.1, 0.15) is 5.56 Å². The highest BCUT2D eigenvalue weighted by molar-refractivity contribution is 6.30. The number of anilines is 1. The molecule has 2 N–H and O–H groups in total. The van der Waals surface area contributed by atoms with E-state index < -0.39 is 0 Å². The molecule has 96 valence electrons. The molecule has 0 unspecified atom stereocenters. The standard InChI is InChI=1S/C15H14ClN3/c16-13-3-1-11(2-4-13)7-8-17-14-5-6-15-12(9-14)10-18-19-15/h1-6,9-10,17H,7-8H2,(H,18,19). The van der Waals surface area contributed by atoms with Gasteiger partial charge in [-0.25, -0.2) is 0 Å². The first-order chi connectivity index (χ1) is 9.31. The van der Waals surface area contributed by atoms with E-state index in [1.54, 1.807) is 0 Å². The molecular weight excluding hydrogens is 258 g/mol. The number of nitrogens with one attached hydrogen (secondary N) is 2. The molecule has 0 fully saturated rings. The highest BCUT2D eigenvalue weighted by Gasteiger charge is 1.98. The average molecular weight is 272 g/mol. The van der Waals surface area contributed by atoms with Gasteiger partial charge in [0.05, 0.1) is 11.7 Å². The number of hydrogen-bond acceptors (Lipinski definition) is 2. The van der Waals surface area contributed by atoms with Crippen molar-refractivity contribution in [3.8, 4) is 0 Å². The van der Waals surface area contributed by atoms with Crippen molar-refractivity contribution in [2.75, 3.05) is 11.9 Å². The van der Waals surface area contributed by atoms with E-state index in [-0.39, 0.29) is 0 Å². The first-order valence-electron chi connectivity index (χ1n) is 6.23. The van der Waals surface area contributed by atoms with Crippen LogP contribution in [0.2, 0.25) is 5.02 Å². The molecule has 1 heterocycles. The summed E-state index contributed by atoms with van der Waals surface area (Å²) >= 11 is 5.86. The Morgan fingerprint density at radius 3 is 2.79 bits per heavy atom. The van der Waals surface area contributed by atoms with E-state index in [2.05, 4.69) is 39.8 Å². The summed E-state index contributed by atoms with van der Waals surface area (Å²) in [5, 5.41) is 12.3. The number of fused-ring (bicyclic) bond motifs is 1. The minimum atomic E-state index is 0.780. The average Bonchev–Trinajstić information content (AvgIpc) is 2.88. The van der Waals surface area contributed by atoms with Gasteiger partial charge in [0.1, 0.15) is 0 Å². The smallest absolute Gasteiger partial charge is 0.0651 e. The van der Waals surface area contributed by atoms with E-state index >= 15 is 0 Å². The van der Waals surface area contributed by atoms with Crippen molar-refractivity contribution in [2.24, 2.45) is 0 Å². The molecule has 2 aromatic carbocycles. The molecule has 0 aliphatic heterocycles. The molecule has 3 rings (SSSR count). The summed E-state index contributed by atoms with van der Waals surface area (Å²) in [6.07, 6.45) is 2.81. The lowest BCUT2D eigenvalue weighted by atomic mass is 10.1.